The summed E-state index contributed by atoms with van der Waals surface area (Å²) in [5, 5.41) is 4.97. The number of hydrogen-bond acceptors (Lipinski definition) is 2. The van der Waals surface area contributed by atoms with E-state index in [0.29, 0.717) is 11.1 Å². The van der Waals surface area contributed by atoms with Gasteiger partial charge in [-0.2, -0.15) is 0 Å². The average Bonchev–Trinajstić information content (AvgIpc) is 3.24. The Kier molecular flexibility index (Phi) is 3.63. The minimum absolute atomic E-state index is 0.609. The van der Waals surface area contributed by atoms with Crippen LogP contribution in [0.3, 0.4) is 0 Å². The summed E-state index contributed by atoms with van der Waals surface area (Å²) in [5.41, 5.74) is 3.09. The highest BCUT2D eigenvalue weighted by Crippen LogP contribution is 2.42. The second kappa shape index (κ2) is 7.08. The summed E-state index contributed by atoms with van der Waals surface area (Å²) in [6.07, 6.45) is 0.121. The smallest absolute Gasteiger partial charge is 0.0719 e. The standard InChI is InChI=1S/C28H19NS/c1-2-7-19(8-3-1)17-20-15-16-29-26(18-20)25-12-6-11-23-24-14-13-21-9-4-5-10-22(21)27(24)30-28(23)25/h1-16,18H,17H2/i17D2. The minimum Gasteiger partial charge on any atom is -0.256 e. The number of rotatable bonds is 3. The van der Waals surface area contributed by atoms with Gasteiger partial charge in [-0.1, -0.05) is 84.9 Å². The van der Waals surface area contributed by atoms with E-state index in [0.717, 1.165) is 11.3 Å². The molecule has 0 saturated heterocycles. The van der Waals surface area contributed by atoms with E-state index in [-0.39, 0.29) is 0 Å². The van der Waals surface area contributed by atoms with Gasteiger partial charge in [-0.25, -0.2) is 0 Å². The SMILES string of the molecule is [2H]C([2H])(c1ccccc1)c1ccnc(-c2cccc3c2sc2c4ccccc4ccc32)c1. The van der Waals surface area contributed by atoms with Crippen molar-refractivity contribution in [2.45, 2.75) is 6.37 Å². The first-order valence-corrected chi connectivity index (χ1v) is 10.8. The van der Waals surface area contributed by atoms with Gasteiger partial charge in [-0.15, -0.1) is 11.3 Å². The van der Waals surface area contributed by atoms with Gasteiger partial charge in [0.15, 0.2) is 0 Å². The number of thiophene rings is 1. The van der Waals surface area contributed by atoms with Crippen LogP contribution in [0.1, 0.15) is 13.9 Å². The van der Waals surface area contributed by atoms with Crippen molar-refractivity contribution in [2.75, 3.05) is 0 Å². The van der Waals surface area contributed by atoms with Crippen LogP contribution in [0.2, 0.25) is 0 Å². The molecule has 0 aliphatic carbocycles. The first kappa shape index (κ1) is 15.4. The lowest BCUT2D eigenvalue weighted by Crippen LogP contribution is -1.91. The van der Waals surface area contributed by atoms with Crippen LogP contribution < -0.4 is 0 Å². The van der Waals surface area contributed by atoms with E-state index >= 15 is 0 Å². The third kappa shape index (κ3) is 2.89. The minimum atomic E-state index is -1.59. The second-order valence-corrected chi connectivity index (χ2v) is 8.39. The fraction of sp³-hybridized carbons (Fsp3) is 0.0357. The van der Waals surface area contributed by atoms with Crippen LogP contribution in [-0.4, -0.2) is 4.98 Å². The summed E-state index contributed by atoms with van der Waals surface area (Å²) in [4.78, 5) is 4.64. The largest absolute Gasteiger partial charge is 0.256 e. The zero-order valence-electron chi connectivity index (χ0n) is 18.2. The highest BCUT2D eigenvalue weighted by molar-refractivity contribution is 7.27. The third-order valence-corrected chi connectivity index (χ3v) is 6.78. The van der Waals surface area contributed by atoms with Gasteiger partial charge < -0.3 is 0 Å². The molecule has 0 unspecified atom stereocenters. The topological polar surface area (TPSA) is 12.9 Å². The molecule has 6 aromatic rings. The summed E-state index contributed by atoms with van der Waals surface area (Å²) in [6, 6.07) is 32.2. The first-order chi connectivity index (χ1) is 15.6. The highest BCUT2D eigenvalue weighted by Gasteiger charge is 2.13. The van der Waals surface area contributed by atoms with E-state index in [1.165, 1.54) is 30.9 Å². The number of benzene rings is 4. The van der Waals surface area contributed by atoms with Crippen molar-refractivity contribution in [1.29, 1.82) is 0 Å². The van der Waals surface area contributed by atoms with Gasteiger partial charge in [-0.05, 0) is 40.4 Å². The normalized spacial score (nSPS) is 12.9. The van der Waals surface area contributed by atoms with E-state index in [1.807, 2.05) is 36.4 Å². The van der Waals surface area contributed by atoms with Crippen molar-refractivity contribution in [3.8, 4) is 11.3 Å². The molecule has 0 amide bonds. The molecule has 6 rings (SSSR count). The summed E-state index contributed by atoms with van der Waals surface area (Å²) in [7, 11) is 0. The van der Waals surface area contributed by atoms with Gasteiger partial charge in [0.05, 0.1) is 5.69 Å². The molecule has 0 aliphatic rings. The van der Waals surface area contributed by atoms with Gasteiger partial charge in [0.2, 0.25) is 0 Å². The van der Waals surface area contributed by atoms with Crippen LogP contribution in [-0.2, 0) is 6.37 Å². The quantitative estimate of drug-likeness (QED) is 0.293. The predicted octanol–water partition coefficient (Wildman–Crippen LogP) is 7.86. The summed E-state index contributed by atoms with van der Waals surface area (Å²) in [6.45, 7) is 0. The monoisotopic (exact) mass is 403 g/mol. The Balaban J connectivity index is 1.56. The Bertz CT molecular complexity index is 1600. The Morgan fingerprint density at radius 1 is 0.667 bits per heavy atom. The Hall–Kier alpha value is -3.49. The number of hydrogen-bond donors (Lipinski definition) is 0. The summed E-state index contributed by atoms with van der Waals surface area (Å²) in [5.74, 6) is 0. The van der Waals surface area contributed by atoms with E-state index < -0.39 is 6.37 Å². The predicted molar refractivity (Wildman–Crippen MR) is 129 cm³/mol. The zero-order chi connectivity index (χ0) is 21.7. The molecule has 2 aromatic heterocycles. The molecule has 0 aliphatic heterocycles. The van der Waals surface area contributed by atoms with Crippen LogP contribution in [0.25, 0.3) is 42.2 Å². The number of pyridine rings is 1. The molecule has 4 aromatic carbocycles. The van der Waals surface area contributed by atoms with Crippen molar-refractivity contribution in [3.05, 3.63) is 114 Å². The first-order valence-electron chi connectivity index (χ1n) is 11.0. The summed E-state index contributed by atoms with van der Waals surface area (Å²) >= 11 is 1.79. The van der Waals surface area contributed by atoms with Crippen LogP contribution in [0.4, 0.5) is 0 Å². The molecule has 0 fully saturated rings. The van der Waals surface area contributed by atoms with E-state index in [1.54, 1.807) is 23.6 Å². The molecule has 0 spiro atoms. The van der Waals surface area contributed by atoms with Gasteiger partial charge in [0.1, 0.15) is 0 Å². The van der Waals surface area contributed by atoms with Crippen molar-refractivity contribution in [2.24, 2.45) is 0 Å². The molecule has 142 valence electrons. The number of aromatic nitrogens is 1. The lowest BCUT2D eigenvalue weighted by atomic mass is 10.0. The Morgan fingerprint density at radius 2 is 1.47 bits per heavy atom. The van der Waals surface area contributed by atoms with Gasteiger partial charge in [0, 0.05) is 34.7 Å². The molecule has 0 atom stereocenters. The Labute approximate surface area is 182 Å². The van der Waals surface area contributed by atoms with Crippen molar-refractivity contribution < 1.29 is 2.74 Å². The van der Waals surface area contributed by atoms with Crippen molar-refractivity contribution in [1.82, 2.24) is 4.98 Å². The molecule has 0 bridgehead atoms. The molecule has 30 heavy (non-hydrogen) atoms. The lowest BCUT2D eigenvalue weighted by molar-refractivity contribution is 1.17. The van der Waals surface area contributed by atoms with E-state index in [2.05, 4.69) is 59.6 Å². The number of fused-ring (bicyclic) bond motifs is 5. The fourth-order valence-electron chi connectivity index (χ4n) is 4.07. The highest BCUT2D eigenvalue weighted by atomic mass is 32.1. The molecular weight excluding hydrogens is 382 g/mol. The maximum absolute atomic E-state index is 8.75. The van der Waals surface area contributed by atoms with E-state index in [4.69, 9.17) is 2.74 Å². The summed E-state index contributed by atoms with van der Waals surface area (Å²) < 4.78 is 20.0. The Morgan fingerprint density at radius 3 is 2.40 bits per heavy atom. The maximum Gasteiger partial charge on any atom is 0.0719 e. The molecule has 2 heteroatoms. The van der Waals surface area contributed by atoms with Gasteiger partial charge in [-0.3, -0.25) is 4.98 Å². The van der Waals surface area contributed by atoms with Crippen LogP contribution in [0.15, 0.2) is 103 Å². The van der Waals surface area contributed by atoms with E-state index in [9.17, 15) is 0 Å². The van der Waals surface area contributed by atoms with Gasteiger partial charge in [0.25, 0.3) is 0 Å². The molecule has 0 radical (unpaired) electrons. The fourth-order valence-corrected chi connectivity index (χ4v) is 5.43. The molecule has 0 N–H and O–H groups in total. The average molecular weight is 404 g/mol. The van der Waals surface area contributed by atoms with Crippen LogP contribution in [0.5, 0.6) is 0 Å². The molecular formula is C28H19NS. The van der Waals surface area contributed by atoms with Crippen LogP contribution >= 0.6 is 11.3 Å². The van der Waals surface area contributed by atoms with Gasteiger partial charge >= 0.3 is 0 Å². The second-order valence-electron chi connectivity index (χ2n) is 7.37. The maximum atomic E-state index is 8.75. The molecule has 2 heterocycles. The number of nitrogens with zero attached hydrogens (tertiary/aromatic N) is 1. The van der Waals surface area contributed by atoms with Crippen molar-refractivity contribution >= 4 is 42.3 Å². The molecule has 0 saturated carbocycles. The van der Waals surface area contributed by atoms with Crippen molar-refractivity contribution in [3.63, 3.8) is 0 Å². The van der Waals surface area contributed by atoms with Crippen LogP contribution in [0, 0.1) is 0 Å². The molecule has 1 nitrogen and oxygen atoms in total. The lowest BCUT2D eigenvalue weighted by Gasteiger charge is -2.06. The third-order valence-electron chi connectivity index (χ3n) is 5.49. The zero-order valence-corrected chi connectivity index (χ0v) is 17.0.